The molecular weight excluding hydrogens is 368 g/mol. The molecular formula is C17H14BrF2NO2. The van der Waals surface area contributed by atoms with Gasteiger partial charge in [-0.15, -0.1) is 0 Å². The number of hydrogen-bond donors (Lipinski definition) is 1. The fourth-order valence-corrected chi connectivity index (χ4v) is 2.35. The van der Waals surface area contributed by atoms with Crippen LogP contribution in [0.2, 0.25) is 0 Å². The number of amides is 1. The van der Waals surface area contributed by atoms with Gasteiger partial charge in [0, 0.05) is 16.2 Å². The summed E-state index contributed by atoms with van der Waals surface area (Å²) in [5.74, 6) is -0.199. The number of alkyl halides is 2. The Morgan fingerprint density at radius 1 is 1.22 bits per heavy atom. The molecule has 120 valence electrons. The van der Waals surface area contributed by atoms with Crippen molar-refractivity contribution in [1.29, 1.82) is 0 Å². The third-order valence-corrected chi connectivity index (χ3v) is 3.47. The van der Waals surface area contributed by atoms with E-state index in [1.165, 1.54) is 18.2 Å². The molecule has 0 saturated carbocycles. The van der Waals surface area contributed by atoms with Crippen molar-refractivity contribution in [2.45, 2.75) is 13.5 Å². The lowest BCUT2D eigenvalue weighted by molar-refractivity contribution is -0.111. The van der Waals surface area contributed by atoms with Gasteiger partial charge in [-0.3, -0.25) is 4.79 Å². The fraction of sp³-hybridized carbons (Fsp3) is 0.118. The highest BCUT2D eigenvalue weighted by molar-refractivity contribution is 9.10. The Kier molecular flexibility index (Phi) is 5.87. The maximum Gasteiger partial charge on any atom is 0.387 e. The maximum atomic E-state index is 12.0. The van der Waals surface area contributed by atoms with Crippen molar-refractivity contribution in [2.24, 2.45) is 0 Å². The van der Waals surface area contributed by atoms with Crippen LogP contribution in [0.25, 0.3) is 6.08 Å². The number of rotatable bonds is 5. The summed E-state index contributed by atoms with van der Waals surface area (Å²) in [5, 5.41) is 2.77. The van der Waals surface area contributed by atoms with Crippen LogP contribution in [0.15, 0.2) is 53.0 Å². The third kappa shape index (κ3) is 5.49. The number of carbonyl (C=O) groups excluding carboxylic acids is 1. The van der Waals surface area contributed by atoms with Gasteiger partial charge >= 0.3 is 6.61 Å². The highest BCUT2D eigenvalue weighted by atomic mass is 79.9. The van der Waals surface area contributed by atoms with E-state index < -0.39 is 6.61 Å². The Hall–Kier alpha value is -2.21. The van der Waals surface area contributed by atoms with Gasteiger partial charge in [0.25, 0.3) is 0 Å². The van der Waals surface area contributed by atoms with Crippen molar-refractivity contribution in [2.75, 3.05) is 5.32 Å². The largest absolute Gasteiger partial charge is 0.435 e. The molecule has 0 aliphatic heterocycles. The zero-order valence-electron chi connectivity index (χ0n) is 12.2. The average molecular weight is 382 g/mol. The summed E-state index contributed by atoms with van der Waals surface area (Å²) in [6.07, 6.45) is 2.97. The molecule has 0 fully saturated rings. The molecule has 0 saturated heterocycles. The molecule has 2 aromatic carbocycles. The molecule has 2 aromatic rings. The molecule has 0 heterocycles. The van der Waals surface area contributed by atoms with Crippen LogP contribution < -0.4 is 10.1 Å². The number of aryl methyl sites for hydroxylation is 1. The average Bonchev–Trinajstić information content (AvgIpc) is 2.49. The van der Waals surface area contributed by atoms with Crippen LogP contribution in [0.1, 0.15) is 11.1 Å². The highest BCUT2D eigenvalue weighted by Gasteiger charge is 2.04. The van der Waals surface area contributed by atoms with Crippen LogP contribution >= 0.6 is 15.9 Å². The predicted molar refractivity (Wildman–Crippen MR) is 89.6 cm³/mol. The number of anilines is 1. The molecule has 0 radical (unpaired) electrons. The molecule has 0 aliphatic carbocycles. The Balaban J connectivity index is 1.97. The molecule has 0 aliphatic rings. The van der Waals surface area contributed by atoms with Crippen LogP contribution in [0.3, 0.4) is 0 Å². The highest BCUT2D eigenvalue weighted by Crippen LogP contribution is 2.20. The summed E-state index contributed by atoms with van der Waals surface area (Å²) in [7, 11) is 0. The van der Waals surface area contributed by atoms with Gasteiger partial charge in [-0.25, -0.2) is 0 Å². The van der Waals surface area contributed by atoms with Crippen molar-refractivity contribution in [3.8, 4) is 5.75 Å². The van der Waals surface area contributed by atoms with Crippen LogP contribution in [0, 0.1) is 6.92 Å². The van der Waals surface area contributed by atoms with Crippen molar-refractivity contribution in [3.63, 3.8) is 0 Å². The predicted octanol–water partition coefficient (Wildman–Crippen LogP) is 5.01. The summed E-state index contributed by atoms with van der Waals surface area (Å²) in [5.41, 5.74) is 2.37. The molecule has 0 spiro atoms. The van der Waals surface area contributed by atoms with Gasteiger partial charge in [-0.2, -0.15) is 8.78 Å². The topological polar surface area (TPSA) is 38.3 Å². The Morgan fingerprint density at radius 3 is 2.52 bits per heavy atom. The summed E-state index contributed by atoms with van der Waals surface area (Å²) in [6.45, 7) is -0.956. The quantitative estimate of drug-likeness (QED) is 0.739. The third-order valence-electron chi connectivity index (χ3n) is 2.98. The number of hydrogen-bond acceptors (Lipinski definition) is 2. The van der Waals surface area contributed by atoms with Gasteiger partial charge in [0.15, 0.2) is 0 Å². The summed E-state index contributed by atoms with van der Waals surface area (Å²) >= 11 is 3.36. The van der Waals surface area contributed by atoms with Crippen LogP contribution in [-0.2, 0) is 4.79 Å². The number of benzene rings is 2. The van der Waals surface area contributed by atoms with Crippen LogP contribution in [0.5, 0.6) is 5.75 Å². The van der Waals surface area contributed by atoms with Crippen LogP contribution in [0.4, 0.5) is 14.5 Å². The van der Waals surface area contributed by atoms with E-state index in [-0.39, 0.29) is 11.7 Å². The minimum Gasteiger partial charge on any atom is -0.435 e. The molecule has 2 rings (SSSR count). The van der Waals surface area contributed by atoms with E-state index >= 15 is 0 Å². The first-order valence-corrected chi connectivity index (χ1v) is 7.53. The smallest absolute Gasteiger partial charge is 0.387 e. The molecule has 6 heteroatoms. The monoisotopic (exact) mass is 381 g/mol. The fourth-order valence-electron chi connectivity index (χ4n) is 1.87. The van der Waals surface area contributed by atoms with E-state index in [1.807, 2.05) is 25.1 Å². The van der Waals surface area contributed by atoms with E-state index in [1.54, 1.807) is 18.2 Å². The Morgan fingerprint density at radius 2 is 1.91 bits per heavy atom. The van der Waals surface area contributed by atoms with E-state index in [9.17, 15) is 13.6 Å². The minimum atomic E-state index is -2.85. The van der Waals surface area contributed by atoms with Crippen LogP contribution in [-0.4, -0.2) is 12.5 Å². The standard InChI is InChI=1S/C17H14BrF2NO2/c1-11-10-13(18)5-8-15(11)21-16(22)9-4-12-2-6-14(7-3-12)23-17(19)20/h2-10,17H,1H3,(H,21,22)/b9-4+. The SMILES string of the molecule is Cc1cc(Br)ccc1NC(=O)/C=C/c1ccc(OC(F)F)cc1. The first-order valence-electron chi connectivity index (χ1n) is 6.74. The van der Waals surface area contributed by atoms with Gasteiger partial charge in [0.05, 0.1) is 0 Å². The number of carbonyl (C=O) groups is 1. The molecule has 0 bridgehead atoms. The van der Waals surface area contributed by atoms with Gasteiger partial charge in [-0.1, -0.05) is 28.1 Å². The second-order valence-electron chi connectivity index (χ2n) is 4.73. The second-order valence-corrected chi connectivity index (χ2v) is 5.65. The first kappa shape index (κ1) is 17.1. The Labute approximate surface area is 141 Å². The summed E-state index contributed by atoms with van der Waals surface area (Å²) in [4.78, 5) is 11.9. The summed E-state index contributed by atoms with van der Waals surface area (Å²) < 4.78 is 29.3. The lowest BCUT2D eigenvalue weighted by Gasteiger charge is -2.06. The molecule has 23 heavy (non-hydrogen) atoms. The number of nitrogens with one attached hydrogen (secondary N) is 1. The number of ether oxygens (including phenoxy) is 1. The van der Waals surface area contributed by atoms with Gasteiger partial charge in [-0.05, 0) is 54.5 Å². The Bertz CT molecular complexity index is 715. The van der Waals surface area contributed by atoms with Gasteiger partial charge in [0.1, 0.15) is 5.75 Å². The number of halogens is 3. The van der Waals surface area contributed by atoms with Crippen molar-refractivity contribution in [3.05, 3.63) is 64.1 Å². The first-order chi connectivity index (χ1) is 10.9. The molecule has 1 amide bonds. The van der Waals surface area contributed by atoms with Gasteiger partial charge < -0.3 is 10.1 Å². The van der Waals surface area contributed by atoms with E-state index in [0.717, 1.165) is 15.7 Å². The molecule has 0 aromatic heterocycles. The normalized spacial score (nSPS) is 11.0. The molecule has 0 unspecified atom stereocenters. The minimum absolute atomic E-state index is 0.0760. The van der Waals surface area contributed by atoms with Crippen molar-refractivity contribution in [1.82, 2.24) is 0 Å². The maximum absolute atomic E-state index is 12.0. The summed E-state index contributed by atoms with van der Waals surface area (Å²) in [6, 6.07) is 11.6. The van der Waals surface area contributed by atoms with Crippen molar-refractivity contribution >= 4 is 33.6 Å². The molecule has 0 atom stereocenters. The zero-order valence-corrected chi connectivity index (χ0v) is 13.8. The van der Waals surface area contributed by atoms with E-state index in [2.05, 4.69) is 26.0 Å². The lowest BCUT2D eigenvalue weighted by Crippen LogP contribution is -2.08. The van der Waals surface area contributed by atoms with E-state index in [4.69, 9.17) is 0 Å². The second kappa shape index (κ2) is 7.87. The molecule has 3 nitrogen and oxygen atoms in total. The zero-order chi connectivity index (χ0) is 16.8. The van der Waals surface area contributed by atoms with Gasteiger partial charge in [0.2, 0.25) is 5.91 Å². The van der Waals surface area contributed by atoms with Crippen molar-refractivity contribution < 1.29 is 18.3 Å². The molecule has 1 N–H and O–H groups in total. The van der Waals surface area contributed by atoms with E-state index in [0.29, 0.717) is 5.56 Å². The lowest BCUT2D eigenvalue weighted by atomic mass is 10.2.